The van der Waals surface area contributed by atoms with Gasteiger partial charge in [-0.3, -0.25) is 9.69 Å². The number of rotatable bonds is 8. The summed E-state index contributed by atoms with van der Waals surface area (Å²) in [6.07, 6.45) is 8.14. The fourth-order valence-corrected chi connectivity index (χ4v) is 2.31. The zero-order valence-electron chi connectivity index (χ0n) is 11.3. The molecular weight excluding hydrogens is 212 g/mol. The first-order chi connectivity index (χ1) is 8.33. The van der Waals surface area contributed by atoms with Crippen LogP contribution in [0.5, 0.6) is 0 Å². The summed E-state index contributed by atoms with van der Waals surface area (Å²) >= 11 is 0. The van der Waals surface area contributed by atoms with Gasteiger partial charge in [0.2, 0.25) is 0 Å². The molecule has 0 spiro atoms. The second kappa shape index (κ2) is 9.60. The predicted molar refractivity (Wildman–Crippen MR) is 72.3 cm³/mol. The highest BCUT2D eigenvalue weighted by Crippen LogP contribution is 2.06. The third-order valence-electron chi connectivity index (χ3n) is 3.39. The third kappa shape index (κ3) is 7.50. The maximum atomic E-state index is 11.8. The van der Waals surface area contributed by atoms with Gasteiger partial charge in [0.05, 0.1) is 6.54 Å². The zero-order valence-corrected chi connectivity index (χ0v) is 11.3. The number of carbonyl (C=O) groups excluding carboxylic acids is 1. The van der Waals surface area contributed by atoms with Crippen molar-refractivity contribution in [2.24, 2.45) is 0 Å². The first-order valence-electron chi connectivity index (χ1n) is 7.27. The molecule has 0 aromatic rings. The van der Waals surface area contributed by atoms with Gasteiger partial charge in [-0.1, -0.05) is 32.6 Å². The number of unbranched alkanes of at least 4 members (excludes halogenated alkanes) is 4. The first-order valence-corrected chi connectivity index (χ1v) is 7.27. The normalized spacial score (nSPS) is 17.9. The number of Topliss-reactive ketones (excluding diaryl/α,β-unsaturated/α-hetero) is 1. The zero-order chi connectivity index (χ0) is 12.3. The van der Waals surface area contributed by atoms with Crippen LogP contribution in [0, 0.1) is 0 Å². The van der Waals surface area contributed by atoms with Gasteiger partial charge in [0, 0.05) is 19.5 Å². The van der Waals surface area contributed by atoms with E-state index in [1.54, 1.807) is 0 Å². The van der Waals surface area contributed by atoms with E-state index in [2.05, 4.69) is 17.1 Å². The van der Waals surface area contributed by atoms with E-state index in [4.69, 9.17) is 0 Å². The van der Waals surface area contributed by atoms with E-state index in [1.165, 1.54) is 32.1 Å². The Morgan fingerprint density at radius 3 is 2.76 bits per heavy atom. The van der Waals surface area contributed by atoms with Crippen LogP contribution in [-0.4, -0.2) is 43.4 Å². The van der Waals surface area contributed by atoms with E-state index in [0.717, 1.165) is 39.0 Å². The average molecular weight is 240 g/mol. The average Bonchev–Trinajstić information content (AvgIpc) is 2.57. The van der Waals surface area contributed by atoms with Gasteiger partial charge in [0.1, 0.15) is 5.78 Å². The van der Waals surface area contributed by atoms with E-state index in [0.29, 0.717) is 12.3 Å². The molecule has 100 valence electrons. The van der Waals surface area contributed by atoms with Crippen molar-refractivity contribution in [2.45, 2.75) is 51.9 Å². The van der Waals surface area contributed by atoms with E-state index in [9.17, 15) is 4.79 Å². The maximum Gasteiger partial charge on any atom is 0.146 e. The van der Waals surface area contributed by atoms with Crippen LogP contribution in [0.25, 0.3) is 0 Å². The van der Waals surface area contributed by atoms with Crippen LogP contribution in [0.2, 0.25) is 0 Å². The summed E-state index contributed by atoms with van der Waals surface area (Å²) in [4.78, 5) is 14.1. The molecule has 0 atom stereocenters. The Morgan fingerprint density at radius 1 is 1.12 bits per heavy atom. The molecule has 1 rings (SSSR count). The molecule has 1 aliphatic rings. The number of carbonyl (C=O) groups is 1. The smallest absolute Gasteiger partial charge is 0.146 e. The topological polar surface area (TPSA) is 32.3 Å². The first kappa shape index (κ1) is 14.7. The molecule has 0 saturated carbocycles. The highest BCUT2D eigenvalue weighted by Gasteiger charge is 2.12. The largest absolute Gasteiger partial charge is 0.315 e. The summed E-state index contributed by atoms with van der Waals surface area (Å²) in [5.74, 6) is 0.434. The summed E-state index contributed by atoms with van der Waals surface area (Å²) < 4.78 is 0. The van der Waals surface area contributed by atoms with Gasteiger partial charge in [-0.15, -0.1) is 0 Å². The molecular formula is C14H28N2O. The summed E-state index contributed by atoms with van der Waals surface area (Å²) in [5, 5.41) is 3.36. The second-order valence-corrected chi connectivity index (χ2v) is 5.08. The van der Waals surface area contributed by atoms with Crippen molar-refractivity contribution in [2.75, 3.05) is 32.7 Å². The summed E-state index contributed by atoms with van der Waals surface area (Å²) in [7, 11) is 0. The highest BCUT2D eigenvalue weighted by atomic mass is 16.1. The van der Waals surface area contributed by atoms with E-state index >= 15 is 0 Å². The van der Waals surface area contributed by atoms with Gasteiger partial charge in [0.15, 0.2) is 0 Å². The Hall–Kier alpha value is -0.410. The van der Waals surface area contributed by atoms with E-state index in [-0.39, 0.29) is 0 Å². The Morgan fingerprint density at radius 2 is 1.94 bits per heavy atom. The monoisotopic (exact) mass is 240 g/mol. The van der Waals surface area contributed by atoms with Crippen molar-refractivity contribution >= 4 is 5.78 Å². The molecule has 0 bridgehead atoms. The van der Waals surface area contributed by atoms with Crippen LogP contribution in [0.4, 0.5) is 0 Å². The minimum atomic E-state index is 0.434. The molecule has 0 aromatic carbocycles. The van der Waals surface area contributed by atoms with Crippen LogP contribution in [0.3, 0.4) is 0 Å². The minimum Gasteiger partial charge on any atom is -0.315 e. The fourth-order valence-electron chi connectivity index (χ4n) is 2.31. The molecule has 0 aromatic heterocycles. The van der Waals surface area contributed by atoms with Gasteiger partial charge in [-0.25, -0.2) is 0 Å². The van der Waals surface area contributed by atoms with Crippen LogP contribution in [0.15, 0.2) is 0 Å². The van der Waals surface area contributed by atoms with Crippen molar-refractivity contribution in [1.82, 2.24) is 10.2 Å². The maximum absolute atomic E-state index is 11.8. The number of nitrogens with one attached hydrogen (secondary N) is 1. The van der Waals surface area contributed by atoms with Gasteiger partial charge >= 0.3 is 0 Å². The lowest BCUT2D eigenvalue weighted by molar-refractivity contribution is -0.120. The molecule has 0 amide bonds. The second-order valence-electron chi connectivity index (χ2n) is 5.08. The molecule has 0 unspecified atom stereocenters. The van der Waals surface area contributed by atoms with Crippen molar-refractivity contribution in [3.8, 4) is 0 Å². The summed E-state index contributed by atoms with van der Waals surface area (Å²) in [5.41, 5.74) is 0. The van der Waals surface area contributed by atoms with Gasteiger partial charge in [-0.05, 0) is 25.9 Å². The molecule has 17 heavy (non-hydrogen) atoms. The van der Waals surface area contributed by atoms with E-state index < -0.39 is 0 Å². The van der Waals surface area contributed by atoms with Crippen LogP contribution >= 0.6 is 0 Å². The molecule has 0 radical (unpaired) electrons. The number of hydrogen-bond acceptors (Lipinski definition) is 3. The molecule has 3 nitrogen and oxygen atoms in total. The SMILES string of the molecule is CCCCCCCC(=O)CN1CCCNCC1. The quantitative estimate of drug-likeness (QED) is 0.660. The Bertz CT molecular complexity index is 198. The Balaban J connectivity index is 2.03. The number of hydrogen-bond donors (Lipinski definition) is 1. The molecule has 1 heterocycles. The van der Waals surface area contributed by atoms with Crippen LogP contribution in [0.1, 0.15) is 51.9 Å². The number of ketones is 1. The summed E-state index contributed by atoms with van der Waals surface area (Å²) in [6, 6.07) is 0. The molecule has 3 heteroatoms. The lowest BCUT2D eigenvalue weighted by Crippen LogP contribution is -2.33. The summed E-state index contributed by atoms with van der Waals surface area (Å²) in [6.45, 7) is 7.13. The Labute approximate surface area is 106 Å². The molecule has 1 N–H and O–H groups in total. The predicted octanol–water partition coefficient (Wildman–Crippen LogP) is 2.21. The van der Waals surface area contributed by atoms with Crippen molar-refractivity contribution < 1.29 is 4.79 Å². The molecule has 1 aliphatic heterocycles. The van der Waals surface area contributed by atoms with Crippen LogP contribution in [-0.2, 0) is 4.79 Å². The number of nitrogens with zero attached hydrogens (tertiary/aromatic N) is 1. The van der Waals surface area contributed by atoms with Crippen molar-refractivity contribution in [1.29, 1.82) is 0 Å². The molecule has 1 fully saturated rings. The van der Waals surface area contributed by atoms with E-state index in [1.807, 2.05) is 0 Å². The molecule has 0 aliphatic carbocycles. The third-order valence-corrected chi connectivity index (χ3v) is 3.39. The standard InChI is InChI=1S/C14H28N2O/c1-2-3-4-5-6-8-14(17)13-16-11-7-9-15-10-12-16/h15H,2-13H2,1H3. The van der Waals surface area contributed by atoms with Crippen molar-refractivity contribution in [3.63, 3.8) is 0 Å². The van der Waals surface area contributed by atoms with Crippen molar-refractivity contribution in [3.05, 3.63) is 0 Å². The minimum absolute atomic E-state index is 0.434. The lowest BCUT2D eigenvalue weighted by atomic mass is 10.1. The van der Waals surface area contributed by atoms with Gasteiger partial charge in [-0.2, -0.15) is 0 Å². The lowest BCUT2D eigenvalue weighted by Gasteiger charge is -2.18. The molecule has 1 saturated heterocycles. The van der Waals surface area contributed by atoms with Gasteiger partial charge < -0.3 is 5.32 Å². The Kier molecular flexibility index (Phi) is 8.28. The van der Waals surface area contributed by atoms with Gasteiger partial charge in [0.25, 0.3) is 0 Å². The fraction of sp³-hybridized carbons (Fsp3) is 0.929. The van der Waals surface area contributed by atoms with Crippen LogP contribution < -0.4 is 5.32 Å². The highest BCUT2D eigenvalue weighted by molar-refractivity contribution is 5.80.